The van der Waals surface area contributed by atoms with Gasteiger partial charge in [0.05, 0.1) is 13.2 Å². The van der Waals surface area contributed by atoms with Crippen molar-refractivity contribution in [2.24, 2.45) is 5.92 Å². The first-order valence-electron chi connectivity index (χ1n) is 8.99. The number of methoxy groups -OCH3 is 1. The fourth-order valence-corrected chi connectivity index (χ4v) is 3.27. The van der Waals surface area contributed by atoms with Crippen LogP contribution < -0.4 is 0 Å². The summed E-state index contributed by atoms with van der Waals surface area (Å²) in [7, 11) is 1.35. The molecule has 0 saturated carbocycles. The van der Waals surface area contributed by atoms with Crippen molar-refractivity contribution in [2.45, 2.75) is 96.4 Å². The highest BCUT2D eigenvalue weighted by Crippen LogP contribution is 2.36. The fourth-order valence-electron chi connectivity index (χ4n) is 3.27. The van der Waals surface area contributed by atoms with Crippen LogP contribution in [-0.4, -0.2) is 30.1 Å². The quantitative estimate of drug-likeness (QED) is 0.459. The van der Waals surface area contributed by atoms with Gasteiger partial charge in [0.15, 0.2) is 5.79 Å². The normalized spacial score (nSPS) is 28.0. The van der Waals surface area contributed by atoms with Gasteiger partial charge in [0.2, 0.25) is 0 Å². The van der Waals surface area contributed by atoms with Crippen molar-refractivity contribution < 1.29 is 19.4 Å². The molecule has 130 valence electrons. The van der Waals surface area contributed by atoms with Crippen molar-refractivity contribution in [1.82, 2.24) is 0 Å². The van der Waals surface area contributed by atoms with Gasteiger partial charge in [-0.15, -0.1) is 0 Å². The highest BCUT2D eigenvalue weighted by atomic mass is 16.6. The van der Waals surface area contributed by atoms with Crippen LogP contribution in [-0.2, 0) is 14.3 Å². The zero-order valence-electron chi connectivity index (χ0n) is 14.6. The number of ether oxygens (including phenoxy) is 2. The summed E-state index contributed by atoms with van der Waals surface area (Å²) in [6.45, 7) is 3.80. The Morgan fingerprint density at radius 1 is 1.14 bits per heavy atom. The largest absolute Gasteiger partial charge is 0.469 e. The molecular formula is C18H34O4. The lowest BCUT2D eigenvalue weighted by molar-refractivity contribution is -0.206. The van der Waals surface area contributed by atoms with Gasteiger partial charge in [-0.3, -0.25) is 4.79 Å². The molecule has 0 aromatic carbocycles. The Hall–Kier alpha value is -0.610. The third-order valence-corrected chi connectivity index (χ3v) is 4.67. The summed E-state index contributed by atoms with van der Waals surface area (Å²) in [5, 5.41) is 10.1. The van der Waals surface area contributed by atoms with E-state index in [0.717, 1.165) is 12.8 Å². The molecule has 1 rings (SSSR count). The smallest absolute Gasteiger partial charge is 0.314 e. The molecule has 1 heterocycles. The van der Waals surface area contributed by atoms with E-state index in [-0.39, 0.29) is 12.1 Å². The molecule has 1 aliphatic heterocycles. The van der Waals surface area contributed by atoms with Crippen LogP contribution >= 0.6 is 0 Å². The van der Waals surface area contributed by atoms with Crippen molar-refractivity contribution in [3.05, 3.63) is 0 Å². The zero-order valence-corrected chi connectivity index (χ0v) is 14.6. The van der Waals surface area contributed by atoms with Gasteiger partial charge in [0, 0.05) is 0 Å². The Morgan fingerprint density at radius 2 is 1.68 bits per heavy atom. The third kappa shape index (κ3) is 6.66. The molecule has 0 radical (unpaired) electrons. The molecule has 1 fully saturated rings. The van der Waals surface area contributed by atoms with E-state index in [1.165, 1.54) is 58.5 Å². The standard InChI is InChI=1S/C18H34O4/c1-4-5-6-7-8-9-10-11-12-13-15-14-16(17(19)21-3)18(2,20)22-15/h15-16,20H,4-14H2,1-3H3/t15-,16-,18-/m0/s1. The second-order valence-corrected chi connectivity index (χ2v) is 6.72. The average Bonchev–Trinajstić information content (AvgIpc) is 2.79. The molecule has 0 aromatic rings. The van der Waals surface area contributed by atoms with Gasteiger partial charge in [-0.2, -0.15) is 0 Å². The second kappa shape index (κ2) is 10.2. The average molecular weight is 314 g/mol. The van der Waals surface area contributed by atoms with E-state index in [4.69, 9.17) is 9.47 Å². The minimum absolute atomic E-state index is 0.0244. The summed E-state index contributed by atoms with van der Waals surface area (Å²) in [4.78, 5) is 11.6. The van der Waals surface area contributed by atoms with Gasteiger partial charge < -0.3 is 14.6 Å². The van der Waals surface area contributed by atoms with Crippen LogP contribution in [0.5, 0.6) is 0 Å². The number of carbonyl (C=O) groups excluding carboxylic acids is 1. The lowest BCUT2D eigenvalue weighted by atomic mass is 9.95. The van der Waals surface area contributed by atoms with E-state index >= 15 is 0 Å². The van der Waals surface area contributed by atoms with E-state index in [2.05, 4.69) is 6.92 Å². The number of aliphatic hydroxyl groups is 1. The topological polar surface area (TPSA) is 55.8 Å². The summed E-state index contributed by atoms with van der Waals surface area (Å²) < 4.78 is 10.3. The Labute approximate surface area is 135 Å². The highest BCUT2D eigenvalue weighted by Gasteiger charge is 2.48. The van der Waals surface area contributed by atoms with Crippen LogP contribution in [0.2, 0.25) is 0 Å². The maximum atomic E-state index is 11.6. The molecule has 4 heteroatoms. The molecule has 0 amide bonds. The fraction of sp³-hybridized carbons (Fsp3) is 0.944. The third-order valence-electron chi connectivity index (χ3n) is 4.67. The summed E-state index contributed by atoms with van der Waals surface area (Å²) >= 11 is 0. The molecule has 4 nitrogen and oxygen atoms in total. The first kappa shape index (κ1) is 19.4. The van der Waals surface area contributed by atoms with Crippen LogP contribution in [0, 0.1) is 5.92 Å². The van der Waals surface area contributed by atoms with E-state index in [9.17, 15) is 9.90 Å². The summed E-state index contributed by atoms with van der Waals surface area (Å²) in [5.41, 5.74) is 0. The first-order chi connectivity index (χ1) is 10.5. The van der Waals surface area contributed by atoms with Crippen LogP contribution in [0.4, 0.5) is 0 Å². The molecule has 0 unspecified atom stereocenters. The minimum atomic E-state index is -1.38. The molecule has 22 heavy (non-hydrogen) atoms. The molecule has 0 bridgehead atoms. The molecule has 1 aliphatic rings. The summed E-state index contributed by atoms with van der Waals surface area (Å²) in [6, 6.07) is 0. The zero-order chi connectivity index (χ0) is 16.4. The predicted octanol–water partition coefficient (Wildman–Crippen LogP) is 4.19. The lowest BCUT2D eigenvalue weighted by Crippen LogP contribution is -2.36. The van der Waals surface area contributed by atoms with Crippen molar-refractivity contribution in [3.63, 3.8) is 0 Å². The van der Waals surface area contributed by atoms with Crippen LogP contribution in [0.15, 0.2) is 0 Å². The predicted molar refractivity (Wildman–Crippen MR) is 87.5 cm³/mol. The van der Waals surface area contributed by atoms with Crippen molar-refractivity contribution >= 4 is 5.97 Å². The number of rotatable bonds is 11. The van der Waals surface area contributed by atoms with Gasteiger partial charge in [0.1, 0.15) is 5.92 Å². The van der Waals surface area contributed by atoms with Crippen molar-refractivity contribution in [2.75, 3.05) is 7.11 Å². The van der Waals surface area contributed by atoms with E-state index < -0.39 is 11.7 Å². The number of hydrogen-bond donors (Lipinski definition) is 1. The number of esters is 1. The monoisotopic (exact) mass is 314 g/mol. The summed E-state index contributed by atoms with van der Waals surface area (Å²) in [5.74, 6) is -2.31. The van der Waals surface area contributed by atoms with Crippen molar-refractivity contribution in [1.29, 1.82) is 0 Å². The second-order valence-electron chi connectivity index (χ2n) is 6.72. The SMILES string of the molecule is CCCCCCCCCCC[C@H]1C[C@@H](C(=O)OC)[C@@](C)(O)O1. The highest BCUT2D eigenvalue weighted by molar-refractivity contribution is 5.73. The van der Waals surface area contributed by atoms with Gasteiger partial charge in [0.25, 0.3) is 0 Å². The van der Waals surface area contributed by atoms with E-state index in [1.807, 2.05) is 0 Å². The van der Waals surface area contributed by atoms with Crippen LogP contribution in [0.25, 0.3) is 0 Å². The number of unbranched alkanes of at least 4 members (excludes halogenated alkanes) is 8. The molecular weight excluding hydrogens is 280 g/mol. The lowest BCUT2D eigenvalue weighted by Gasteiger charge is -2.22. The first-order valence-corrected chi connectivity index (χ1v) is 8.99. The van der Waals surface area contributed by atoms with Crippen molar-refractivity contribution in [3.8, 4) is 0 Å². The molecule has 0 aromatic heterocycles. The van der Waals surface area contributed by atoms with Gasteiger partial charge in [-0.25, -0.2) is 0 Å². The number of hydrogen-bond acceptors (Lipinski definition) is 4. The van der Waals surface area contributed by atoms with Crippen LogP contribution in [0.3, 0.4) is 0 Å². The molecule has 1 saturated heterocycles. The number of carbonyl (C=O) groups is 1. The Kier molecular flexibility index (Phi) is 9.03. The van der Waals surface area contributed by atoms with Gasteiger partial charge in [-0.05, 0) is 19.8 Å². The maximum Gasteiger partial charge on any atom is 0.314 e. The van der Waals surface area contributed by atoms with Crippen LogP contribution in [0.1, 0.15) is 84.5 Å². The Bertz CT molecular complexity index is 314. The van der Waals surface area contributed by atoms with Gasteiger partial charge >= 0.3 is 5.97 Å². The molecule has 0 aliphatic carbocycles. The molecule has 3 atom stereocenters. The summed E-state index contributed by atoms with van der Waals surface area (Å²) in [6.07, 6.45) is 13.1. The molecule has 1 N–H and O–H groups in total. The van der Waals surface area contributed by atoms with E-state index in [1.54, 1.807) is 6.92 Å². The van der Waals surface area contributed by atoms with Gasteiger partial charge in [-0.1, -0.05) is 64.7 Å². The Balaban J connectivity index is 2.08. The maximum absolute atomic E-state index is 11.6. The Morgan fingerprint density at radius 3 is 2.23 bits per heavy atom. The van der Waals surface area contributed by atoms with E-state index in [0.29, 0.717) is 6.42 Å². The minimum Gasteiger partial charge on any atom is -0.469 e. The molecule has 0 spiro atoms.